The second-order valence-corrected chi connectivity index (χ2v) is 2.50. The first-order valence-electron chi connectivity index (χ1n) is 4.08. The third kappa shape index (κ3) is 4.31. The second-order valence-electron chi connectivity index (χ2n) is 2.50. The Morgan fingerprint density at radius 2 is 1.73 bits per heavy atom. The van der Waals surface area contributed by atoms with Crippen molar-refractivity contribution in [1.29, 1.82) is 0 Å². The summed E-state index contributed by atoms with van der Waals surface area (Å²) in [5.74, 6) is 0. The summed E-state index contributed by atoms with van der Waals surface area (Å²) < 4.78 is 0. The van der Waals surface area contributed by atoms with Crippen LogP contribution in [0.1, 0.15) is 13.3 Å². The smallest absolute Gasteiger partial charge is 0.107 e. The van der Waals surface area contributed by atoms with Crippen LogP contribution in [-0.4, -0.2) is 42.4 Å². The molecular formula is C7H19N3O. The first kappa shape index (κ1) is 10.8. The van der Waals surface area contributed by atoms with Crippen molar-refractivity contribution in [3.8, 4) is 0 Å². The van der Waals surface area contributed by atoms with Gasteiger partial charge in [0.05, 0.1) is 0 Å². The van der Waals surface area contributed by atoms with Gasteiger partial charge in [-0.1, -0.05) is 6.92 Å². The first-order chi connectivity index (χ1) is 5.26. The molecule has 5 N–H and O–H groups in total. The second kappa shape index (κ2) is 6.54. The SMILES string of the molecule is CCC(O)N(CCN)CCN. The number of hydrogen-bond donors (Lipinski definition) is 3. The Bertz CT molecular complexity index is 83.8. The predicted molar refractivity (Wildman–Crippen MR) is 46.0 cm³/mol. The van der Waals surface area contributed by atoms with Crippen LogP contribution in [0.25, 0.3) is 0 Å². The van der Waals surface area contributed by atoms with E-state index in [0.29, 0.717) is 26.2 Å². The molecule has 1 atom stereocenters. The van der Waals surface area contributed by atoms with Crippen molar-refractivity contribution in [2.75, 3.05) is 26.2 Å². The molecule has 0 fully saturated rings. The summed E-state index contributed by atoms with van der Waals surface area (Å²) in [6.07, 6.45) is 0.335. The Hall–Kier alpha value is -0.160. The van der Waals surface area contributed by atoms with E-state index in [2.05, 4.69) is 0 Å². The number of nitrogens with two attached hydrogens (primary N) is 2. The Labute approximate surface area is 68.2 Å². The molecule has 0 aromatic heterocycles. The summed E-state index contributed by atoms with van der Waals surface area (Å²) in [4.78, 5) is 1.89. The summed E-state index contributed by atoms with van der Waals surface area (Å²) in [6.45, 7) is 4.50. The van der Waals surface area contributed by atoms with Crippen molar-refractivity contribution in [2.45, 2.75) is 19.6 Å². The number of hydrogen-bond acceptors (Lipinski definition) is 4. The molecule has 0 aliphatic heterocycles. The van der Waals surface area contributed by atoms with Gasteiger partial charge in [0.2, 0.25) is 0 Å². The fraction of sp³-hybridized carbons (Fsp3) is 1.00. The van der Waals surface area contributed by atoms with E-state index in [1.807, 2.05) is 11.8 Å². The van der Waals surface area contributed by atoms with E-state index < -0.39 is 0 Å². The Kier molecular flexibility index (Phi) is 6.45. The lowest BCUT2D eigenvalue weighted by Crippen LogP contribution is -2.41. The highest BCUT2D eigenvalue weighted by Crippen LogP contribution is 1.97. The normalized spacial score (nSPS) is 13.9. The zero-order valence-corrected chi connectivity index (χ0v) is 7.16. The fourth-order valence-electron chi connectivity index (χ4n) is 1.000. The Morgan fingerprint density at radius 3 is 2.00 bits per heavy atom. The maximum absolute atomic E-state index is 9.39. The largest absolute Gasteiger partial charge is 0.378 e. The highest BCUT2D eigenvalue weighted by atomic mass is 16.3. The molecule has 11 heavy (non-hydrogen) atoms. The number of nitrogens with zero attached hydrogens (tertiary/aromatic N) is 1. The van der Waals surface area contributed by atoms with Crippen molar-refractivity contribution in [2.24, 2.45) is 11.5 Å². The van der Waals surface area contributed by atoms with Crippen LogP contribution >= 0.6 is 0 Å². The monoisotopic (exact) mass is 161 g/mol. The minimum Gasteiger partial charge on any atom is -0.378 e. The summed E-state index contributed by atoms with van der Waals surface area (Å²) in [7, 11) is 0. The van der Waals surface area contributed by atoms with Crippen molar-refractivity contribution >= 4 is 0 Å². The topological polar surface area (TPSA) is 75.5 Å². The van der Waals surface area contributed by atoms with E-state index in [0.717, 1.165) is 6.42 Å². The highest BCUT2D eigenvalue weighted by molar-refractivity contribution is 4.61. The minimum atomic E-state index is -0.387. The molecule has 0 rings (SSSR count). The van der Waals surface area contributed by atoms with Crippen molar-refractivity contribution in [3.63, 3.8) is 0 Å². The van der Waals surface area contributed by atoms with Gasteiger partial charge in [-0.2, -0.15) is 0 Å². The van der Waals surface area contributed by atoms with Crippen molar-refractivity contribution < 1.29 is 5.11 Å². The van der Waals surface area contributed by atoms with Gasteiger partial charge in [-0.3, -0.25) is 4.90 Å². The zero-order chi connectivity index (χ0) is 8.69. The van der Waals surface area contributed by atoms with Gasteiger partial charge in [-0.25, -0.2) is 0 Å². The number of rotatable bonds is 6. The molecular weight excluding hydrogens is 142 g/mol. The summed E-state index contributed by atoms with van der Waals surface area (Å²) in [5, 5.41) is 9.39. The van der Waals surface area contributed by atoms with E-state index in [1.165, 1.54) is 0 Å². The Balaban J connectivity index is 3.66. The molecule has 0 aromatic carbocycles. The van der Waals surface area contributed by atoms with Crippen LogP contribution in [0, 0.1) is 0 Å². The fourth-order valence-corrected chi connectivity index (χ4v) is 1.000. The lowest BCUT2D eigenvalue weighted by atomic mass is 10.3. The lowest BCUT2D eigenvalue weighted by molar-refractivity contribution is 0.00526. The van der Waals surface area contributed by atoms with Gasteiger partial charge in [-0.15, -0.1) is 0 Å². The average Bonchev–Trinajstić information content (AvgIpc) is 2.03. The molecule has 0 aromatic rings. The number of aliphatic hydroxyl groups is 1. The van der Waals surface area contributed by atoms with Crippen LogP contribution in [0.15, 0.2) is 0 Å². The molecule has 1 unspecified atom stereocenters. The molecule has 0 saturated carbocycles. The van der Waals surface area contributed by atoms with Crippen molar-refractivity contribution in [3.05, 3.63) is 0 Å². The van der Waals surface area contributed by atoms with Crippen LogP contribution in [0.4, 0.5) is 0 Å². The maximum Gasteiger partial charge on any atom is 0.107 e. The van der Waals surface area contributed by atoms with Gasteiger partial charge in [0, 0.05) is 26.2 Å². The van der Waals surface area contributed by atoms with E-state index in [1.54, 1.807) is 0 Å². The van der Waals surface area contributed by atoms with Gasteiger partial charge < -0.3 is 16.6 Å². The van der Waals surface area contributed by atoms with Crippen LogP contribution in [-0.2, 0) is 0 Å². The van der Waals surface area contributed by atoms with Crippen LogP contribution in [0.5, 0.6) is 0 Å². The Morgan fingerprint density at radius 1 is 1.27 bits per heavy atom. The summed E-state index contributed by atoms with van der Waals surface area (Å²) in [6, 6.07) is 0. The van der Waals surface area contributed by atoms with Gasteiger partial charge in [0.25, 0.3) is 0 Å². The van der Waals surface area contributed by atoms with Gasteiger partial charge in [0.15, 0.2) is 0 Å². The molecule has 0 amide bonds. The van der Waals surface area contributed by atoms with Crippen LogP contribution in [0.2, 0.25) is 0 Å². The molecule has 0 spiro atoms. The predicted octanol–water partition coefficient (Wildman–Crippen LogP) is -1.07. The van der Waals surface area contributed by atoms with Gasteiger partial charge >= 0.3 is 0 Å². The van der Waals surface area contributed by atoms with E-state index >= 15 is 0 Å². The van der Waals surface area contributed by atoms with Crippen LogP contribution < -0.4 is 11.5 Å². The van der Waals surface area contributed by atoms with E-state index in [9.17, 15) is 5.11 Å². The van der Waals surface area contributed by atoms with Gasteiger partial charge in [0.1, 0.15) is 6.23 Å². The zero-order valence-electron chi connectivity index (χ0n) is 7.16. The quantitative estimate of drug-likeness (QED) is 0.434. The molecule has 0 radical (unpaired) electrons. The molecule has 4 heteroatoms. The third-order valence-corrected chi connectivity index (χ3v) is 1.62. The standard InChI is InChI=1S/C7H19N3O/c1-2-7(11)10(5-3-8)6-4-9/h7,11H,2-6,8-9H2,1H3. The van der Waals surface area contributed by atoms with E-state index in [-0.39, 0.29) is 6.23 Å². The molecule has 0 saturated heterocycles. The molecule has 0 aliphatic carbocycles. The lowest BCUT2D eigenvalue weighted by Gasteiger charge is -2.25. The molecule has 0 bridgehead atoms. The average molecular weight is 161 g/mol. The maximum atomic E-state index is 9.39. The minimum absolute atomic E-state index is 0.387. The molecule has 4 nitrogen and oxygen atoms in total. The number of aliphatic hydroxyl groups excluding tert-OH is 1. The van der Waals surface area contributed by atoms with Gasteiger partial charge in [-0.05, 0) is 6.42 Å². The summed E-state index contributed by atoms with van der Waals surface area (Å²) in [5.41, 5.74) is 10.7. The molecule has 0 aliphatic rings. The molecule has 68 valence electrons. The highest BCUT2D eigenvalue weighted by Gasteiger charge is 2.10. The first-order valence-corrected chi connectivity index (χ1v) is 4.08. The molecule has 0 heterocycles. The van der Waals surface area contributed by atoms with E-state index in [4.69, 9.17) is 11.5 Å². The van der Waals surface area contributed by atoms with Crippen molar-refractivity contribution in [1.82, 2.24) is 4.90 Å². The van der Waals surface area contributed by atoms with Crippen LogP contribution in [0.3, 0.4) is 0 Å². The third-order valence-electron chi connectivity index (χ3n) is 1.62. The summed E-state index contributed by atoms with van der Waals surface area (Å²) >= 11 is 0.